The quantitative estimate of drug-likeness (QED) is 0.464. The molecule has 2 rings (SSSR count). The lowest BCUT2D eigenvalue weighted by Crippen LogP contribution is -2.21. The Bertz CT molecular complexity index is 922. The van der Waals surface area contributed by atoms with E-state index >= 15 is 0 Å². The third-order valence-corrected chi connectivity index (χ3v) is 5.68. The number of para-hydroxylation sites is 1. The van der Waals surface area contributed by atoms with Gasteiger partial charge in [0.2, 0.25) is 0 Å². The molecule has 29 heavy (non-hydrogen) atoms. The molecular formula is C21H26N2O4S2. The number of thiophene rings is 1. The number of carbonyl (C=O) groups is 2. The van der Waals surface area contributed by atoms with Crippen LogP contribution in [0.1, 0.15) is 57.5 Å². The molecule has 0 aliphatic heterocycles. The highest BCUT2D eigenvalue weighted by Gasteiger charge is 2.27. The van der Waals surface area contributed by atoms with Crippen LogP contribution in [-0.4, -0.2) is 30.3 Å². The summed E-state index contributed by atoms with van der Waals surface area (Å²) in [6.07, 6.45) is 0.853. The fraction of sp³-hybridized carbons (Fsp3) is 0.381. The summed E-state index contributed by atoms with van der Waals surface area (Å²) < 4.78 is 10.3. The highest BCUT2D eigenvalue weighted by Crippen LogP contribution is 2.34. The first-order chi connectivity index (χ1) is 13.8. The molecule has 8 heteroatoms. The van der Waals surface area contributed by atoms with Crippen molar-refractivity contribution in [3.05, 3.63) is 45.3 Å². The lowest BCUT2D eigenvalue weighted by Gasteiger charge is -2.16. The van der Waals surface area contributed by atoms with E-state index in [4.69, 9.17) is 21.7 Å². The van der Waals surface area contributed by atoms with Gasteiger partial charge in [0.05, 0.1) is 18.8 Å². The van der Waals surface area contributed by atoms with Gasteiger partial charge < -0.3 is 20.1 Å². The van der Waals surface area contributed by atoms with Crippen LogP contribution >= 0.6 is 23.6 Å². The average molecular weight is 435 g/mol. The van der Waals surface area contributed by atoms with Crippen LogP contribution in [-0.2, 0) is 15.9 Å². The third kappa shape index (κ3) is 5.33. The highest BCUT2D eigenvalue weighted by atomic mass is 32.1. The largest absolute Gasteiger partial charge is 0.462 e. The van der Waals surface area contributed by atoms with Crippen LogP contribution in [0.2, 0.25) is 0 Å². The lowest BCUT2D eigenvalue weighted by molar-refractivity contribution is 0.0527. The third-order valence-electron chi connectivity index (χ3n) is 4.29. The normalized spacial score (nSPS) is 10.4. The Labute approximate surface area is 180 Å². The monoisotopic (exact) mass is 434 g/mol. The van der Waals surface area contributed by atoms with Gasteiger partial charge in [-0.1, -0.05) is 25.1 Å². The minimum absolute atomic E-state index is 0.230. The topological polar surface area (TPSA) is 76.7 Å². The number of nitrogens with one attached hydrogen (secondary N) is 2. The summed E-state index contributed by atoms with van der Waals surface area (Å²) in [5, 5.41) is 7.07. The van der Waals surface area contributed by atoms with Crippen LogP contribution in [0.5, 0.6) is 0 Å². The number of anilines is 2. The molecule has 2 N–H and O–H groups in total. The number of rotatable bonds is 7. The molecule has 0 fully saturated rings. The maximum atomic E-state index is 12.5. The van der Waals surface area contributed by atoms with Crippen molar-refractivity contribution in [3.63, 3.8) is 0 Å². The molecule has 0 unspecified atom stereocenters. The number of hydrogen-bond donors (Lipinski definition) is 2. The number of thiocarbonyl (C=S) groups is 1. The van der Waals surface area contributed by atoms with E-state index in [1.807, 2.05) is 25.1 Å². The zero-order valence-electron chi connectivity index (χ0n) is 17.3. The first-order valence-electron chi connectivity index (χ1n) is 9.48. The number of ether oxygens (including phenoxy) is 2. The maximum Gasteiger partial charge on any atom is 0.348 e. The maximum absolute atomic E-state index is 12.5. The van der Waals surface area contributed by atoms with E-state index < -0.39 is 11.9 Å². The first kappa shape index (κ1) is 22.8. The van der Waals surface area contributed by atoms with E-state index in [9.17, 15) is 9.59 Å². The Morgan fingerprint density at radius 1 is 1.03 bits per heavy atom. The number of aryl methyl sites for hydroxylation is 2. The molecule has 0 aliphatic carbocycles. The Hall–Kier alpha value is -2.45. The number of benzene rings is 1. The molecular weight excluding hydrogens is 408 g/mol. The van der Waals surface area contributed by atoms with Gasteiger partial charge in [0.15, 0.2) is 5.11 Å². The fourth-order valence-electron chi connectivity index (χ4n) is 2.89. The van der Waals surface area contributed by atoms with Gasteiger partial charge in [-0.25, -0.2) is 9.59 Å². The second-order valence-electron chi connectivity index (χ2n) is 6.24. The van der Waals surface area contributed by atoms with Crippen molar-refractivity contribution in [2.45, 2.75) is 41.0 Å². The van der Waals surface area contributed by atoms with E-state index in [0.29, 0.717) is 26.1 Å². The van der Waals surface area contributed by atoms with E-state index in [1.54, 1.807) is 20.8 Å². The molecule has 1 aromatic carbocycles. The molecule has 0 bridgehead atoms. The zero-order chi connectivity index (χ0) is 21.6. The fourth-order valence-corrected chi connectivity index (χ4v) is 4.25. The van der Waals surface area contributed by atoms with Gasteiger partial charge >= 0.3 is 11.9 Å². The van der Waals surface area contributed by atoms with E-state index in [2.05, 4.69) is 17.6 Å². The molecule has 6 nitrogen and oxygen atoms in total. The molecule has 0 spiro atoms. The van der Waals surface area contributed by atoms with Gasteiger partial charge in [0.25, 0.3) is 0 Å². The van der Waals surface area contributed by atoms with E-state index in [-0.39, 0.29) is 13.2 Å². The van der Waals surface area contributed by atoms with Crippen molar-refractivity contribution in [2.24, 2.45) is 0 Å². The van der Waals surface area contributed by atoms with Gasteiger partial charge in [0, 0.05) is 5.69 Å². The van der Waals surface area contributed by atoms with Gasteiger partial charge in [0.1, 0.15) is 9.88 Å². The summed E-state index contributed by atoms with van der Waals surface area (Å²) in [4.78, 5) is 25.1. The minimum atomic E-state index is -0.507. The summed E-state index contributed by atoms with van der Waals surface area (Å²) in [6, 6.07) is 6.04. The van der Waals surface area contributed by atoms with E-state index in [1.165, 1.54) is 0 Å². The summed E-state index contributed by atoms with van der Waals surface area (Å²) in [5.41, 5.74) is 3.94. The summed E-state index contributed by atoms with van der Waals surface area (Å²) >= 11 is 6.61. The minimum Gasteiger partial charge on any atom is -0.462 e. The SMILES string of the molecule is CCOC(=O)c1sc(NC(=S)Nc2c(C)cccc2CC)c(C(=O)OCC)c1C. The van der Waals surface area contributed by atoms with Crippen molar-refractivity contribution in [3.8, 4) is 0 Å². The van der Waals surface area contributed by atoms with Crippen LogP contribution in [0.15, 0.2) is 18.2 Å². The Kier molecular flexibility index (Phi) is 8.16. The van der Waals surface area contributed by atoms with Crippen LogP contribution < -0.4 is 10.6 Å². The zero-order valence-corrected chi connectivity index (χ0v) is 18.9. The van der Waals surface area contributed by atoms with Gasteiger partial charge in [-0.3, -0.25) is 0 Å². The van der Waals surface area contributed by atoms with Crippen molar-refractivity contribution in [2.75, 3.05) is 23.8 Å². The number of esters is 2. The first-order valence-corrected chi connectivity index (χ1v) is 10.7. The molecule has 0 aliphatic rings. The standard InChI is InChI=1S/C21H26N2O4S2/c1-6-14-11-9-10-12(4)16(14)22-21(28)23-18-15(19(24)26-7-2)13(5)17(29-18)20(25)27-8-3/h9-11H,6-8H2,1-5H3,(H2,22,23,28). The molecule has 0 radical (unpaired) electrons. The summed E-state index contributed by atoms with van der Waals surface area (Å²) in [6.45, 7) is 9.72. The predicted octanol–water partition coefficient (Wildman–Crippen LogP) is 5.09. The molecule has 2 aromatic rings. The van der Waals surface area contributed by atoms with Crippen LogP contribution in [0.4, 0.5) is 10.7 Å². The van der Waals surface area contributed by atoms with Gasteiger partial charge in [-0.05, 0) is 63.0 Å². The van der Waals surface area contributed by atoms with Crippen LogP contribution in [0, 0.1) is 13.8 Å². The molecule has 1 heterocycles. The Morgan fingerprint density at radius 3 is 2.31 bits per heavy atom. The second-order valence-corrected chi connectivity index (χ2v) is 7.67. The van der Waals surface area contributed by atoms with Crippen molar-refractivity contribution >= 4 is 51.3 Å². The molecule has 0 atom stereocenters. The molecule has 0 amide bonds. The summed E-state index contributed by atoms with van der Waals surface area (Å²) in [5.74, 6) is -0.980. The van der Waals surface area contributed by atoms with Crippen LogP contribution in [0.25, 0.3) is 0 Å². The van der Waals surface area contributed by atoms with Crippen LogP contribution in [0.3, 0.4) is 0 Å². The number of carbonyl (C=O) groups excluding carboxylic acids is 2. The number of hydrogen-bond acceptors (Lipinski definition) is 6. The molecule has 0 saturated heterocycles. The van der Waals surface area contributed by atoms with E-state index in [0.717, 1.165) is 34.6 Å². The van der Waals surface area contributed by atoms with Gasteiger partial charge in [-0.2, -0.15) is 0 Å². The van der Waals surface area contributed by atoms with Gasteiger partial charge in [-0.15, -0.1) is 11.3 Å². The molecule has 1 aromatic heterocycles. The van der Waals surface area contributed by atoms with Crippen molar-refractivity contribution in [1.29, 1.82) is 0 Å². The lowest BCUT2D eigenvalue weighted by atomic mass is 10.1. The van der Waals surface area contributed by atoms with Crippen molar-refractivity contribution < 1.29 is 19.1 Å². The highest BCUT2D eigenvalue weighted by molar-refractivity contribution is 7.80. The second kappa shape index (κ2) is 10.4. The smallest absolute Gasteiger partial charge is 0.348 e. The predicted molar refractivity (Wildman–Crippen MR) is 121 cm³/mol. The Morgan fingerprint density at radius 2 is 1.69 bits per heavy atom. The molecule has 156 valence electrons. The average Bonchev–Trinajstić information content (AvgIpc) is 2.99. The summed E-state index contributed by atoms with van der Waals surface area (Å²) in [7, 11) is 0. The Balaban J connectivity index is 2.36. The van der Waals surface area contributed by atoms with Crippen molar-refractivity contribution in [1.82, 2.24) is 0 Å². The molecule has 0 saturated carbocycles.